The Morgan fingerprint density at radius 3 is 2.71 bits per heavy atom. The molecule has 0 atom stereocenters. The molecule has 0 saturated heterocycles. The highest BCUT2D eigenvalue weighted by Gasteiger charge is 2.11. The summed E-state index contributed by atoms with van der Waals surface area (Å²) in [5.74, 6) is -0.351. The van der Waals surface area contributed by atoms with E-state index in [0.29, 0.717) is 21.8 Å². The number of carbonyl (C=O) groups excluding carboxylic acids is 1. The second-order valence-electron chi connectivity index (χ2n) is 4.50. The molecular formula is C15H14ClN3O2. The lowest BCUT2D eigenvalue weighted by Crippen LogP contribution is -2.15. The fourth-order valence-corrected chi connectivity index (χ4v) is 2.14. The van der Waals surface area contributed by atoms with Gasteiger partial charge in [-0.25, -0.2) is 0 Å². The van der Waals surface area contributed by atoms with Crippen molar-refractivity contribution in [3.05, 3.63) is 64.2 Å². The van der Waals surface area contributed by atoms with Crippen LogP contribution >= 0.6 is 11.6 Å². The van der Waals surface area contributed by atoms with E-state index in [-0.39, 0.29) is 11.7 Å². The molecule has 2 aromatic rings. The van der Waals surface area contributed by atoms with Crippen LogP contribution in [0.3, 0.4) is 0 Å². The third kappa shape index (κ3) is 3.52. The predicted octanol–water partition coefficient (Wildman–Crippen LogP) is 3.00. The number of oxime groups is 1. The standard InChI is InChI=1S/C15H14ClN3O2/c1-9-5-6-12(13(16)7-9)15(20)18-11-4-2-3-10(8-11)14(17)19-21/h2-8,21H,1H3,(H2,17,19)(H,18,20). The van der Waals surface area contributed by atoms with Crippen molar-refractivity contribution < 1.29 is 10.0 Å². The van der Waals surface area contributed by atoms with Crippen LogP contribution in [0.15, 0.2) is 47.6 Å². The van der Waals surface area contributed by atoms with Gasteiger partial charge in [0.25, 0.3) is 5.91 Å². The molecule has 1 amide bonds. The molecule has 21 heavy (non-hydrogen) atoms. The van der Waals surface area contributed by atoms with E-state index in [1.165, 1.54) is 0 Å². The Labute approximate surface area is 127 Å². The van der Waals surface area contributed by atoms with Gasteiger partial charge in [0.1, 0.15) is 0 Å². The maximum Gasteiger partial charge on any atom is 0.257 e. The van der Waals surface area contributed by atoms with Crippen LogP contribution in [0.1, 0.15) is 21.5 Å². The molecule has 0 aromatic heterocycles. The lowest BCUT2D eigenvalue weighted by atomic mass is 10.1. The van der Waals surface area contributed by atoms with Crippen LogP contribution in [0, 0.1) is 6.92 Å². The van der Waals surface area contributed by atoms with Crippen molar-refractivity contribution in [1.82, 2.24) is 0 Å². The molecule has 0 spiro atoms. The van der Waals surface area contributed by atoms with Gasteiger partial charge in [0.2, 0.25) is 0 Å². The van der Waals surface area contributed by atoms with E-state index in [9.17, 15) is 4.79 Å². The molecule has 0 saturated carbocycles. The number of halogens is 1. The van der Waals surface area contributed by atoms with E-state index in [1.54, 1.807) is 36.4 Å². The van der Waals surface area contributed by atoms with Crippen LogP contribution in [-0.4, -0.2) is 17.0 Å². The van der Waals surface area contributed by atoms with Crippen molar-refractivity contribution in [1.29, 1.82) is 0 Å². The van der Waals surface area contributed by atoms with Crippen molar-refractivity contribution in [2.45, 2.75) is 6.92 Å². The summed E-state index contributed by atoms with van der Waals surface area (Å²) in [6.07, 6.45) is 0. The van der Waals surface area contributed by atoms with E-state index < -0.39 is 0 Å². The summed E-state index contributed by atoms with van der Waals surface area (Å²) < 4.78 is 0. The Balaban J connectivity index is 2.23. The third-order valence-corrected chi connectivity index (χ3v) is 3.21. The molecule has 0 aliphatic rings. The minimum absolute atomic E-state index is 0.0283. The molecule has 2 aromatic carbocycles. The summed E-state index contributed by atoms with van der Waals surface area (Å²) in [7, 11) is 0. The van der Waals surface area contributed by atoms with Crippen LogP contribution in [0.2, 0.25) is 5.02 Å². The maximum absolute atomic E-state index is 12.2. The van der Waals surface area contributed by atoms with Crippen molar-refractivity contribution >= 4 is 29.0 Å². The van der Waals surface area contributed by atoms with E-state index in [0.717, 1.165) is 5.56 Å². The number of rotatable bonds is 3. The highest BCUT2D eigenvalue weighted by Crippen LogP contribution is 2.19. The van der Waals surface area contributed by atoms with Gasteiger partial charge >= 0.3 is 0 Å². The number of amides is 1. The second kappa shape index (κ2) is 6.28. The minimum atomic E-state index is -0.323. The SMILES string of the molecule is Cc1ccc(C(=O)Nc2cccc(/C(N)=N/O)c2)c(Cl)c1. The number of nitrogens with one attached hydrogen (secondary N) is 1. The van der Waals surface area contributed by atoms with Gasteiger partial charge in [-0.3, -0.25) is 4.79 Å². The molecule has 4 N–H and O–H groups in total. The number of anilines is 1. The molecular weight excluding hydrogens is 290 g/mol. The fourth-order valence-electron chi connectivity index (χ4n) is 1.82. The first-order valence-electron chi connectivity index (χ1n) is 6.16. The van der Waals surface area contributed by atoms with Crippen molar-refractivity contribution in [3.63, 3.8) is 0 Å². The topological polar surface area (TPSA) is 87.7 Å². The number of hydrogen-bond acceptors (Lipinski definition) is 3. The number of hydrogen-bond donors (Lipinski definition) is 3. The molecule has 5 nitrogen and oxygen atoms in total. The van der Waals surface area contributed by atoms with E-state index in [4.69, 9.17) is 22.5 Å². The average molecular weight is 304 g/mol. The summed E-state index contributed by atoms with van der Waals surface area (Å²) in [6, 6.07) is 11.9. The van der Waals surface area contributed by atoms with Crippen LogP contribution in [0.25, 0.3) is 0 Å². The summed E-state index contributed by atoms with van der Waals surface area (Å²) in [5.41, 5.74) is 7.91. The molecule has 108 valence electrons. The zero-order valence-corrected chi connectivity index (χ0v) is 12.1. The maximum atomic E-state index is 12.2. The van der Waals surface area contributed by atoms with Crippen LogP contribution in [-0.2, 0) is 0 Å². The van der Waals surface area contributed by atoms with Crippen LogP contribution in [0.5, 0.6) is 0 Å². The number of benzene rings is 2. The quantitative estimate of drug-likeness (QED) is 0.352. The first kappa shape index (κ1) is 14.9. The molecule has 0 aliphatic heterocycles. The van der Waals surface area contributed by atoms with Crippen LogP contribution in [0.4, 0.5) is 5.69 Å². The van der Waals surface area contributed by atoms with Gasteiger partial charge in [-0.2, -0.15) is 0 Å². The first-order chi connectivity index (χ1) is 10.0. The van der Waals surface area contributed by atoms with Crippen molar-refractivity contribution in [3.8, 4) is 0 Å². The fraction of sp³-hybridized carbons (Fsp3) is 0.0667. The van der Waals surface area contributed by atoms with E-state index in [2.05, 4.69) is 10.5 Å². The monoisotopic (exact) mass is 303 g/mol. The van der Waals surface area contributed by atoms with Gasteiger partial charge in [0.05, 0.1) is 10.6 Å². The second-order valence-corrected chi connectivity index (χ2v) is 4.91. The van der Waals surface area contributed by atoms with Crippen LogP contribution < -0.4 is 11.1 Å². The predicted molar refractivity (Wildman–Crippen MR) is 83.1 cm³/mol. The third-order valence-electron chi connectivity index (χ3n) is 2.89. The molecule has 2 rings (SSSR count). The summed E-state index contributed by atoms with van der Waals surface area (Å²) in [6.45, 7) is 1.90. The Hall–Kier alpha value is -2.53. The number of nitrogens with zero attached hydrogens (tertiary/aromatic N) is 1. The average Bonchev–Trinajstić information content (AvgIpc) is 2.46. The number of carbonyl (C=O) groups is 1. The summed E-state index contributed by atoms with van der Waals surface area (Å²) >= 11 is 6.06. The Morgan fingerprint density at radius 1 is 1.29 bits per heavy atom. The first-order valence-corrected chi connectivity index (χ1v) is 6.54. The van der Waals surface area contributed by atoms with Gasteiger partial charge in [-0.05, 0) is 36.8 Å². The highest BCUT2D eigenvalue weighted by atomic mass is 35.5. The van der Waals surface area contributed by atoms with Crippen molar-refractivity contribution in [2.24, 2.45) is 10.9 Å². The van der Waals surface area contributed by atoms with E-state index in [1.807, 2.05) is 13.0 Å². The molecule has 0 fully saturated rings. The molecule has 0 bridgehead atoms. The van der Waals surface area contributed by atoms with Gasteiger partial charge in [0.15, 0.2) is 5.84 Å². The van der Waals surface area contributed by atoms with Gasteiger partial charge < -0.3 is 16.3 Å². The van der Waals surface area contributed by atoms with Gasteiger partial charge in [0, 0.05) is 11.3 Å². The minimum Gasteiger partial charge on any atom is -0.409 e. The molecule has 0 aliphatic carbocycles. The zero-order chi connectivity index (χ0) is 15.4. The molecule has 0 unspecified atom stereocenters. The van der Waals surface area contributed by atoms with Gasteiger partial charge in [-0.15, -0.1) is 0 Å². The number of aryl methyl sites for hydroxylation is 1. The number of nitrogens with two attached hydrogens (primary N) is 1. The molecule has 6 heteroatoms. The Kier molecular flexibility index (Phi) is 4.45. The largest absolute Gasteiger partial charge is 0.409 e. The lowest BCUT2D eigenvalue weighted by molar-refractivity contribution is 0.102. The van der Waals surface area contributed by atoms with Gasteiger partial charge in [-0.1, -0.05) is 35.0 Å². The summed E-state index contributed by atoms with van der Waals surface area (Å²) in [5, 5.41) is 14.7. The van der Waals surface area contributed by atoms with E-state index >= 15 is 0 Å². The normalized spacial score (nSPS) is 11.2. The zero-order valence-electron chi connectivity index (χ0n) is 11.3. The number of amidine groups is 1. The van der Waals surface area contributed by atoms with Crippen molar-refractivity contribution in [2.75, 3.05) is 5.32 Å². The lowest BCUT2D eigenvalue weighted by Gasteiger charge is -2.08. The molecule has 0 radical (unpaired) electrons. The Bertz CT molecular complexity index is 714. The Morgan fingerprint density at radius 2 is 2.05 bits per heavy atom. The summed E-state index contributed by atoms with van der Waals surface area (Å²) in [4.78, 5) is 12.2. The smallest absolute Gasteiger partial charge is 0.257 e. The molecule has 0 heterocycles. The highest BCUT2D eigenvalue weighted by molar-refractivity contribution is 6.34.